The van der Waals surface area contributed by atoms with Gasteiger partial charge in [-0.1, -0.05) is 60.6 Å². The third-order valence-electron chi connectivity index (χ3n) is 4.31. The molecule has 114 valence electrons. The van der Waals surface area contributed by atoms with Gasteiger partial charge >= 0.3 is 0 Å². The molecule has 0 heterocycles. The van der Waals surface area contributed by atoms with E-state index >= 15 is 0 Å². The van der Waals surface area contributed by atoms with Gasteiger partial charge in [-0.3, -0.25) is 0 Å². The first-order chi connectivity index (χ1) is 11.3. The molecule has 0 aromatic heterocycles. The van der Waals surface area contributed by atoms with Crippen molar-refractivity contribution in [1.29, 1.82) is 0 Å². The third kappa shape index (κ3) is 4.77. The summed E-state index contributed by atoms with van der Waals surface area (Å²) in [7, 11) is 0. The normalized spacial score (nSPS) is 14.3. The van der Waals surface area contributed by atoms with Crippen LogP contribution in [0.2, 0.25) is 0 Å². The van der Waals surface area contributed by atoms with Gasteiger partial charge in [-0.25, -0.2) is 0 Å². The molecular formula is C23H22. The van der Waals surface area contributed by atoms with Crippen molar-refractivity contribution >= 4 is 0 Å². The maximum atomic E-state index is 3.43. The summed E-state index contributed by atoms with van der Waals surface area (Å²) >= 11 is 0. The maximum Gasteiger partial charge on any atom is 0.0249 e. The summed E-state index contributed by atoms with van der Waals surface area (Å²) in [5.41, 5.74) is 4.44. The fourth-order valence-corrected chi connectivity index (χ4v) is 2.85. The van der Waals surface area contributed by atoms with Gasteiger partial charge in [-0.2, -0.15) is 0 Å². The van der Waals surface area contributed by atoms with Crippen LogP contribution in [0.25, 0.3) is 0 Å². The average molecular weight is 298 g/mol. The van der Waals surface area contributed by atoms with Crippen molar-refractivity contribution in [3.8, 4) is 23.7 Å². The van der Waals surface area contributed by atoms with E-state index in [1.54, 1.807) is 0 Å². The molecule has 0 bridgehead atoms. The van der Waals surface area contributed by atoms with Gasteiger partial charge in [0.25, 0.3) is 0 Å². The molecule has 0 atom stereocenters. The molecule has 0 heteroatoms. The van der Waals surface area contributed by atoms with Crippen LogP contribution < -0.4 is 0 Å². The first kappa shape index (κ1) is 15.5. The van der Waals surface area contributed by atoms with Crippen LogP contribution in [0.1, 0.15) is 54.4 Å². The number of benzene rings is 2. The zero-order valence-electron chi connectivity index (χ0n) is 13.7. The second-order valence-electron chi connectivity index (χ2n) is 6.30. The van der Waals surface area contributed by atoms with Gasteiger partial charge < -0.3 is 0 Å². The van der Waals surface area contributed by atoms with Gasteiger partial charge in [-0.05, 0) is 56.2 Å². The lowest BCUT2D eigenvalue weighted by Gasteiger charge is -2.15. The first-order valence-corrected chi connectivity index (χ1v) is 8.50. The molecule has 0 aliphatic heterocycles. The number of aryl methyl sites for hydroxylation is 1. The van der Waals surface area contributed by atoms with Gasteiger partial charge in [-0.15, -0.1) is 0 Å². The fourth-order valence-electron chi connectivity index (χ4n) is 2.85. The zero-order valence-corrected chi connectivity index (χ0v) is 13.7. The van der Waals surface area contributed by atoms with Crippen molar-refractivity contribution in [1.82, 2.24) is 0 Å². The van der Waals surface area contributed by atoms with Gasteiger partial charge in [0.1, 0.15) is 0 Å². The summed E-state index contributed by atoms with van der Waals surface area (Å²) in [6.45, 7) is 2.09. The molecule has 0 N–H and O–H groups in total. The minimum atomic E-state index is 0.602. The Bertz CT molecular complexity index is 749. The molecule has 0 spiro atoms. The Kier molecular flexibility index (Phi) is 5.18. The topological polar surface area (TPSA) is 0 Å². The van der Waals surface area contributed by atoms with Crippen molar-refractivity contribution < 1.29 is 0 Å². The minimum Gasteiger partial charge on any atom is -0.0945 e. The van der Waals surface area contributed by atoms with Gasteiger partial charge in [0.05, 0.1) is 0 Å². The van der Waals surface area contributed by atoms with Crippen molar-refractivity contribution in [2.45, 2.75) is 39.0 Å². The van der Waals surface area contributed by atoms with E-state index in [-0.39, 0.29) is 0 Å². The monoisotopic (exact) mass is 298 g/mol. The lowest BCUT2D eigenvalue weighted by Crippen LogP contribution is -2.02. The van der Waals surface area contributed by atoms with E-state index in [0.29, 0.717) is 5.92 Å². The molecule has 23 heavy (non-hydrogen) atoms. The fraction of sp³-hybridized carbons (Fsp3) is 0.304. The summed E-state index contributed by atoms with van der Waals surface area (Å²) in [4.78, 5) is 0. The molecule has 1 aliphatic carbocycles. The van der Waals surface area contributed by atoms with E-state index in [1.165, 1.54) is 37.7 Å². The average Bonchev–Trinajstić information content (AvgIpc) is 2.61. The highest BCUT2D eigenvalue weighted by molar-refractivity contribution is 5.46. The summed E-state index contributed by atoms with van der Waals surface area (Å²) < 4.78 is 0. The molecule has 0 nitrogen and oxygen atoms in total. The van der Waals surface area contributed by atoms with Crippen LogP contribution in [0, 0.1) is 36.5 Å². The van der Waals surface area contributed by atoms with Crippen LogP contribution in [-0.4, -0.2) is 0 Å². The van der Waals surface area contributed by atoms with Crippen LogP contribution in [-0.2, 0) is 0 Å². The number of rotatable bonds is 0. The van der Waals surface area contributed by atoms with E-state index in [9.17, 15) is 0 Å². The Balaban J connectivity index is 1.65. The molecule has 1 fully saturated rings. The van der Waals surface area contributed by atoms with Crippen molar-refractivity contribution in [2.24, 2.45) is 5.92 Å². The quantitative estimate of drug-likeness (QED) is 0.577. The van der Waals surface area contributed by atoms with Crippen LogP contribution in [0.4, 0.5) is 0 Å². The predicted octanol–water partition coefficient (Wildman–Crippen LogP) is 5.33. The Morgan fingerprint density at radius 2 is 1.13 bits per heavy atom. The predicted molar refractivity (Wildman–Crippen MR) is 97.1 cm³/mol. The Morgan fingerprint density at radius 3 is 1.70 bits per heavy atom. The summed E-state index contributed by atoms with van der Waals surface area (Å²) in [5.74, 6) is 13.8. The van der Waals surface area contributed by atoms with E-state index in [4.69, 9.17) is 0 Å². The Hall–Kier alpha value is -2.44. The molecule has 0 amide bonds. The number of hydrogen-bond donors (Lipinski definition) is 0. The largest absolute Gasteiger partial charge is 0.0945 e. The lowest BCUT2D eigenvalue weighted by molar-refractivity contribution is 0.430. The lowest BCUT2D eigenvalue weighted by atomic mass is 9.89. The van der Waals surface area contributed by atoms with Gasteiger partial charge in [0, 0.05) is 22.6 Å². The van der Waals surface area contributed by atoms with Crippen LogP contribution in [0.15, 0.2) is 48.5 Å². The highest BCUT2D eigenvalue weighted by Crippen LogP contribution is 2.22. The standard InChI is InChI=1S/C23H22/c1-19-7-9-21(10-8-19)13-14-23-17-15-22(16-18-23)12-11-20-5-3-2-4-6-20/h7-10,15-18,20H,2-6H2,1H3. The van der Waals surface area contributed by atoms with E-state index < -0.39 is 0 Å². The molecule has 2 aromatic rings. The van der Waals surface area contributed by atoms with Crippen molar-refractivity contribution in [3.05, 3.63) is 70.8 Å². The number of hydrogen-bond acceptors (Lipinski definition) is 0. The van der Waals surface area contributed by atoms with E-state index in [0.717, 1.165) is 16.7 Å². The molecule has 2 aromatic carbocycles. The smallest absolute Gasteiger partial charge is 0.0249 e. The zero-order chi connectivity index (χ0) is 15.9. The van der Waals surface area contributed by atoms with Crippen molar-refractivity contribution in [3.63, 3.8) is 0 Å². The van der Waals surface area contributed by atoms with Crippen LogP contribution >= 0.6 is 0 Å². The second kappa shape index (κ2) is 7.71. The highest BCUT2D eigenvalue weighted by Gasteiger charge is 2.09. The first-order valence-electron chi connectivity index (χ1n) is 8.50. The van der Waals surface area contributed by atoms with E-state index in [2.05, 4.69) is 79.1 Å². The Labute approximate surface area is 139 Å². The molecule has 3 rings (SSSR count). The molecule has 1 aliphatic rings. The summed E-state index contributed by atoms with van der Waals surface area (Å²) in [6, 6.07) is 16.6. The van der Waals surface area contributed by atoms with Gasteiger partial charge in [0.2, 0.25) is 0 Å². The highest BCUT2D eigenvalue weighted by atomic mass is 14.1. The SMILES string of the molecule is Cc1ccc(C#Cc2ccc(C#CC3CCCCC3)cc2)cc1. The van der Waals surface area contributed by atoms with Crippen LogP contribution in [0.3, 0.4) is 0 Å². The molecule has 1 saturated carbocycles. The minimum absolute atomic E-state index is 0.602. The Morgan fingerprint density at radius 1 is 0.652 bits per heavy atom. The summed E-state index contributed by atoms with van der Waals surface area (Å²) in [6.07, 6.45) is 6.60. The maximum absolute atomic E-state index is 3.43. The summed E-state index contributed by atoms with van der Waals surface area (Å²) in [5, 5.41) is 0. The van der Waals surface area contributed by atoms with E-state index in [1.807, 2.05) is 0 Å². The third-order valence-corrected chi connectivity index (χ3v) is 4.31. The van der Waals surface area contributed by atoms with Crippen molar-refractivity contribution in [2.75, 3.05) is 0 Å². The molecule has 0 saturated heterocycles. The van der Waals surface area contributed by atoms with Gasteiger partial charge in [0.15, 0.2) is 0 Å². The molecular weight excluding hydrogens is 276 g/mol. The second-order valence-corrected chi connectivity index (χ2v) is 6.30. The molecule has 0 unspecified atom stereocenters. The molecule has 0 radical (unpaired) electrons. The van der Waals surface area contributed by atoms with Crippen LogP contribution in [0.5, 0.6) is 0 Å².